The fourth-order valence-electron chi connectivity index (χ4n) is 4.67. The lowest BCUT2D eigenvalue weighted by molar-refractivity contribution is -0.206. The Hall–Kier alpha value is -2.44. The van der Waals surface area contributed by atoms with E-state index < -0.39 is 23.7 Å². The van der Waals surface area contributed by atoms with Crippen LogP contribution in [0.3, 0.4) is 0 Å². The summed E-state index contributed by atoms with van der Waals surface area (Å²) in [6.07, 6.45) is 7.35. The summed E-state index contributed by atoms with van der Waals surface area (Å²) in [5.41, 5.74) is 1.56. The molecule has 35 heavy (non-hydrogen) atoms. The SMILES string of the molecule is CCCCCCCC1COC(c2ccc3c(F)c(CCc4cc(F)c(F)c(F)c4)ccc3c2)OC1. The Morgan fingerprint density at radius 1 is 0.771 bits per heavy atom. The van der Waals surface area contributed by atoms with Gasteiger partial charge in [0.25, 0.3) is 0 Å². The normalized spacial score (nSPS) is 18.3. The van der Waals surface area contributed by atoms with Crippen LogP contribution in [-0.2, 0) is 22.3 Å². The molecule has 0 aromatic heterocycles. The molecule has 1 fully saturated rings. The first kappa shape index (κ1) is 25.6. The van der Waals surface area contributed by atoms with Gasteiger partial charge in [-0.3, -0.25) is 0 Å². The molecule has 1 saturated heterocycles. The van der Waals surface area contributed by atoms with Gasteiger partial charge in [-0.25, -0.2) is 17.6 Å². The summed E-state index contributed by atoms with van der Waals surface area (Å²) in [7, 11) is 0. The summed E-state index contributed by atoms with van der Waals surface area (Å²) in [5.74, 6) is -3.93. The zero-order valence-electron chi connectivity index (χ0n) is 20.1. The van der Waals surface area contributed by atoms with E-state index in [1.165, 1.54) is 32.1 Å². The first-order valence-corrected chi connectivity index (χ1v) is 12.5. The number of rotatable bonds is 10. The Morgan fingerprint density at radius 3 is 2.20 bits per heavy atom. The largest absolute Gasteiger partial charge is 0.348 e. The number of aryl methyl sites for hydroxylation is 2. The van der Waals surface area contributed by atoms with E-state index in [-0.39, 0.29) is 24.2 Å². The van der Waals surface area contributed by atoms with Crippen molar-refractivity contribution in [1.29, 1.82) is 0 Å². The summed E-state index contributed by atoms with van der Waals surface area (Å²) < 4.78 is 67.1. The van der Waals surface area contributed by atoms with Crippen molar-refractivity contribution in [3.8, 4) is 0 Å². The van der Waals surface area contributed by atoms with E-state index in [2.05, 4.69) is 6.92 Å². The highest BCUT2D eigenvalue weighted by molar-refractivity contribution is 5.84. The molecule has 1 aliphatic heterocycles. The van der Waals surface area contributed by atoms with Crippen molar-refractivity contribution >= 4 is 10.8 Å². The molecule has 0 bridgehead atoms. The second kappa shape index (κ2) is 12.0. The van der Waals surface area contributed by atoms with Crippen molar-refractivity contribution in [2.24, 2.45) is 5.92 Å². The minimum absolute atomic E-state index is 0.193. The molecule has 0 N–H and O–H groups in total. The van der Waals surface area contributed by atoms with Gasteiger partial charge in [0, 0.05) is 16.9 Å². The minimum atomic E-state index is -1.50. The van der Waals surface area contributed by atoms with Crippen LogP contribution in [0.15, 0.2) is 42.5 Å². The number of ether oxygens (including phenoxy) is 2. The summed E-state index contributed by atoms with van der Waals surface area (Å²) >= 11 is 0. The van der Waals surface area contributed by atoms with E-state index in [4.69, 9.17) is 9.47 Å². The van der Waals surface area contributed by atoms with Crippen molar-refractivity contribution in [2.75, 3.05) is 13.2 Å². The lowest BCUT2D eigenvalue weighted by atomic mass is 9.98. The van der Waals surface area contributed by atoms with Crippen LogP contribution in [0, 0.1) is 29.2 Å². The average molecular weight is 489 g/mol. The molecule has 0 unspecified atom stereocenters. The number of fused-ring (bicyclic) bond motifs is 1. The molecule has 1 heterocycles. The molecule has 0 saturated carbocycles. The molecule has 0 spiro atoms. The van der Waals surface area contributed by atoms with Crippen LogP contribution in [0.2, 0.25) is 0 Å². The molecule has 2 nitrogen and oxygen atoms in total. The maximum absolute atomic E-state index is 15.1. The third-order valence-corrected chi connectivity index (χ3v) is 6.74. The lowest BCUT2D eigenvalue weighted by Gasteiger charge is -2.30. The Bertz CT molecular complexity index is 1120. The van der Waals surface area contributed by atoms with Crippen molar-refractivity contribution in [3.05, 3.63) is 82.4 Å². The summed E-state index contributed by atoms with van der Waals surface area (Å²) in [6, 6.07) is 10.8. The molecular formula is C29H32F4O2. The molecular weight excluding hydrogens is 456 g/mol. The zero-order valence-corrected chi connectivity index (χ0v) is 20.1. The van der Waals surface area contributed by atoms with Gasteiger partial charge >= 0.3 is 0 Å². The van der Waals surface area contributed by atoms with E-state index >= 15 is 4.39 Å². The molecule has 6 heteroatoms. The average Bonchev–Trinajstić information content (AvgIpc) is 2.87. The number of hydrogen-bond acceptors (Lipinski definition) is 2. The highest BCUT2D eigenvalue weighted by Gasteiger charge is 2.24. The van der Waals surface area contributed by atoms with Crippen LogP contribution < -0.4 is 0 Å². The van der Waals surface area contributed by atoms with Gasteiger partial charge in [0.2, 0.25) is 0 Å². The van der Waals surface area contributed by atoms with Crippen molar-refractivity contribution in [3.63, 3.8) is 0 Å². The Labute approximate surface area is 204 Å². The van der Waals surface area contributed by atoms with E-state index in [0.29, 0.717) is 30.1 Å². The summed E-state index contributed by atoms with van der Waals surface area (Å²) in [4.78, 5) is 0. The fourth-order valence-corrected chi connectivity index (χ4v) is 4.67. The highest BCUT2D eigenvalue weighted by atomic mass is 19.2. The molecule has 0 amide bonds. The van der Waals surface area contributed by atoms with Crippen LogP contribution in [0.25, 0.3) is 10.8 Å². The quantitative estimate of drug-likeness (QED) is 0.163. The Kier molecular flexibility index (Phi) is 8.79. The van der Waals surface area contributed by atoms with Crippen LogP contribution in [0.5, 0.6) is 0 Å². The van der Waals surface area contributed by atoms with Gasteiger partial charge in [0.05, 0.1) is 13.2 Å². The van der Waals surface area contributed by atoms with Gasteiger partial charge < -0.3 is 9.47 Å². The molecule has 3 aromatic carbocycles. The van der Waals surface area contributed by atoms with Gasteiger partial charge in [0.1, 0.15) is 5.82 Å². The summed E-state index contributed by atoms with van der Waals surface area (Å²) in [5, 5.41) is 1.19. The number of hydrogen-bond donors (Lipinski definition) is 0. The third-order valence-electron chi connectivity index (χ3n) is 6.74. The van der Waals surface area contributed by atoms with Gasteiger partial charge in [-0.1, -0.05) is 63.3 Å². The van der Waals surface area contributed by atoms with Crippen LogP contribution in [-0.4, -0.2) is 13.2 Å². The first-order chi connectivity index (χ1) is 17.0. The number of halogens is 4. The topological polar surface area (TPSA) is 18.5 Å². The van der Waals surface area contributed by atoms with Gasteiger partial charge in [-0.15, -0.1) is 0 Å². The monoisotopic (exact) mass is 488 g/mol. The van der Waals surface area contributed by atoms with Crippen LogP contribution in [0.1, 0.15) is 68.4 Å². The second-order valence-electron chi connectivity index (χ2n) is 9.46. The maximum Gasteiger partial charge on any atom is 0.194 e. The molecule has 0 aliphatic carbocycles. The molecule has 0 atom stereocenters. The maximum atomic E-state index is 15.1. The highest BCUT2D eigenvalue weighted by Crippen LogP contribution is 2.31. The predicted octanol–water partition coefficient (Wildman–Crippen LogP) is 8.20. The van der Waals surface area contributed by atoms with Crippen molar-refractivity contribution in [1.82, 2.24) is 0 Å². The number of unbranched alkanes of at least 4 members (excludes halogenated alkanes) is 4. The van der Waals surface area contributed by atoms with Crippen molar-refractivity contribution < 1.29 is 27.0 Å². The second-order valence-corrected chi connectivity index (χ2v) is 9.46. The first-order valence-electron chi connectivity index (χ1n) is 12.5. The smallest absolute Gasteiger partial charge is 0.194 e. The molecule has 0 radical (unpaired) electrons. The van der Waals surface area contributed by atoms with Gasteiger partial charge in [-0.2, -0.15) is 0 Å². The molecule has 4 rings (SSSR count). The Morgan fingerprint density at radius 2 is 1.49 bits per heavy atom. The van der Waals surface area contributed by atoms with Crippen molar-refractivity contribution in [2.45, 2.75) is 64.6 Å². The lowest BCUT2D eigenvalue weighted by Crippen LogP contribution is -2.27. The zero-order chi connectivity index (χ0) is 24.8. The number of benzene rings is 3. The molecule has 188 valence electrons. The predicted molar refractivity (Wildman–Crippen MR) is 129 cm³/mol. The third kappa shape index (κ3) is 6.42. The van der Waals surface area contributed by atoms with Crippen LogP contribution in [0.4, 0.5) is 17.6 Å². The summed E-state index contributed by atoms with van der Waals surface area (Å²) in [6.45, 7) is 3.54. The van der Waals surface area contributed by atoms with E-state index in [9.17, 15) is 13.2 Å². The molecule has 1 aliphatic rings. The molecule has 3 aromatic rings. The van der Waals surface area contributed by atoms with E-state index in [1.807, 2.05) is 18.2 Å². The van der Waals surface area contributed by atoms with Gasteiger partial charge in [0.15, 0.2) is 23.7 Å². The minimum Gasteiger partial charge on any atom is -0.348 e. The Balaban J connectivity index is 1.36. The van der Waals surface area contributed by atoms with E-state index in [0.717, 1.165) is 29.5 Å². The fraction of sp³-hybridized carbons (Fsp3) is 0.448. The van der Waals surface area contributed by atoms with Gasteiger partial charge in [-0.05, 0) is 54.0 Å². The van der Waals surface area contributed by atoms with Crippen LogP contribution >= 0.6 is 0 Å². The standard InChI is InChI=1S/C29H32F4O2/c1-2-3-4-5-6-7-20-17-34-29(35-18-20)23-12-13-24-22(16-23)11-10-21(27(24)32)9-8-19-14-25(30)28(33)26(31)15-19/h10-16,20,29H,2-9,17-18H2,1H3. The van der Waals surface area contributed by atoms with E-state index in [1.54, 1.807) is 12.1 Å².